The number of anilines is 1. The molecule has 1 aromatic heterocycles. The molecular weight excluding hydrogens is 446 g/mol. The van der Waals surface area contributed by atoms with Gasteiger partial charge in [-0.3, -0.25) is 9.36 Å². The molecule has 1 aliphatic rings. The summed E-state index contributed by atoms with van der Waals surface area (Å²) in [5.74, 6) is 0.217. The number of thioether (sulfide) groups is 1. The van der Waals surface area contributed by atoms with Crippen molar-refractivity contribution in [1.29, 1.82) is 0 Å². The number of hydrogen-bond acceptors (Lipinski definition) is 5. The van der Waals surface area contributed by atoms with E-state index in [-0.39, 0.29) is 10.8 Å². The van der Waals surface area contributed by atoms with Crippen LogP contribution in [-0.4, -0.2) is 54.5 Å². The van der Waals surface area contributed by atoms with Crippen molar-refractivity contribution in [1.82, 2.24) is 14.5 Å². The molecular formula is C22H23N5O3S2. The average molecular weight is 470 g/mol. The zero-order chi connectivity index (χ0) is 22.7. The van der Waals surface area contributed by atoms with Crippen molar-refractivity contribution in [2.45, 2.75) is 22.9 Å². The van der Waals surface area contributed by atoms with Crippen molar-refractivity contribution in [3.63, 3.8) is 0 Å². The van der Waals surface area contributed by atoms with Crippen molar-refractivity contribution in [2.75, 3.05) is 25.2 Å². The molecule has 2 heterocycles. The summed E-state index contributed by atoms with van der Waals surface area (Å²) in [5, 5.41) is 3.60. The first kappa shape index (κ1) is 22.1. The first-order valence-corrected chi connectivity index (χ1v) is 12.7. The highest BCUT2D eigenvalue weighted by molar-refractivity contribution is 7.98. The minimum absolute atomic E-state index is 0.0416. The number of nitrogens with zero attached hydrogens (tertiary/aromatic N) is 4. The van der Waals surface area contributed by atoms with Gasteiger partial charge in [0.05, 0.1) is 4.90 Å². The lowest BCUT2D eigenvalue weighted by Crippen LogP contribution is -2.20. The first-order chi connectivity index (χ1) is 15.4. The summed E-state index contributed by atoms with van der Waals surface area (Å²) in [6.07, 6.45) is 7.00. The Kier molecular flexibility index (Phi) is 6.33. The maximum absolute atomic E-state index is 12.8. The highest BCUT2D eigenvalue weighted by atomic mass is 32.2. The number of carbonyl (C=O) groups is 1. The smallest absolute Gasteiger partial charge is 0.284 e. The Balaban J connectivity index is 1.55. The van der Waals surface area contributed by atoms with Gasteiger partial charge in [0.15, 0.2) is 5.16 Å². The van der Waals surface area contributed by atoms with E-state index in [1.165, 1.54) is 23.9 Å². The van der Waals surface area contributed by atoms with Gasteiger partial charge in [-0.1, -0.05) is 23.9 Å². The van der Waals surface area contributed by atoms with E-state index in [9.17, 15) is 13.2 Å². The first-order valence-electron chi connectivity index (χ1n) is 10.0. The van der Waals surface area contributed by atoms with Gasteiger partial charge in [-0.15, -0.1) is 4.40 Å². The van der Waals surface area contributed by atoms with E-state index in [0.29, 0.717) is 23.5 Å². The van der Waals surface area contributed by atoms with Crippen LogP contribution in [0.15, 0.2) is 75.4 Å². The van der Waals surface area contributed by atoms with E-state index in [1.807, 2.05) is 35.0 Å². The molecule has 8 nitrogen and oxygen atoms in total. The molecule has 0 unspecified atom stereocenters. The number of carbonyl (C=O) groups excluding carboxylic acids is 1. The van der Waals surface area contributed by atoms with E-state index in [0.717, 1.165) is 23.8 Å². The fourth-order valence-electron chi connectivity index (χ4n) is 3.47. The van der Waals surface area contributed by atoms with Gasteiger partial charge in [0, 0.05) is 49.3 Å². The molecule has 1 amide bonds. The normalized spacial score (nSPS) is 15.3. The van der Waals surface area contributed by atoms with Crippen molar-refractivity contribution in [2.24, 2.45) is 4.40 Å². The molecule has 4 rings (SSSR count). The lowest BCUT2D eigenvalue weighted by Gasteiger charge is -2.12. The Morgan fingerprint density at radius 2 is 2.00 bits per heavy atom. The average Bonchev–Trinajstić information content (AvgIpc) is 3.42. The third-order valence-electron chi connectivity index (χ3n) is 5.13. The lowest BCUT2D eigenvalue weighted by molar-refractivity contribution is 0.102. The maximum Gasteiger partial charge on any atom is 0.284 e. The van der Waals surface area contributed by atoms with E-state index in [1.54, 1.807) is 36.5 Å². The zero-order valence-corrected chi connectivity index (χ0v) is 19.4. The molecule has 1 fully saturated rings. The number of imidazole rings is 1. The number of amidine groups is 1. The lowest BCUT2D eigenvalue weighted by atomic mass is 10.2. The molecule has 0 bridgehead atoms. The van der Waals surface area contributed by atoms with Gasteiger partial charge in [-0.25, -0.2) is 4.98 Å². The fraction of sp³-hybridized carbons (Fsp3) is 0.227. The molecule has 0 spiro atoms. The topological polar surface area (TPSA) is 96.7 Å². The minimum Gasteiger partial charge on any atom is -0.362 e. The van der Waals surface area contributed by atoms with E-state index in [4.69, 9.17) is 0 Å². The van der Waals surface area contributed by atoms with Gasteiger partial charge in [0.1, 0.15) is 5.84 Å². The maximum atomic E-state index is 12.8. The number of benzene rings is 2. The molecule has 0 saturated carbocycles. The highest BCUT2D eigenvalue weighted by Gasteiger charge is 2.21. The van der Waals surface area contributed by atoms with Gasteiger partial charge in [0.25, 0.3) is 15.9 Å². The van der Waals surface area contributed by atoms with Crippen LogP contribution in [0.5, 0.6) is 0 Å². The van der Waals surface area contributed by atoms with Crippen molar-refractivity contribution >= 4 is 39.2 Å². The molecule has 10 heteroatoms. The Hall–Kier alpha value is -3.11. The third-order valence-corrected chi connectivity index (χ3v) is 7.09. The largest absolute Gasteiger partial charge is 0.362 e. The molecule has 3 aromatic rings. The Morgan fingerprint density at radius 3 is 2.75 bits per heavy atom. The molecule has 0 radical (unpaired) electrons. The van der Waals surface area contributed by atoms with Crippen molar-refractivity contribution in [3.8, 4) is 5.69 Å². The monoisotopic (exact) mass is 469 g/mol. The summed E-state index contributed by atoms with van der Waals surface area (Å²) < 4.78 is 31.4. The summed E-state index contributed by atoms with van der Waals surface area (Å²) >= 11 is 1.51. The Labute approximate surface area is 191 Å². The number of sulfonamides is 1. The summed E-state index contributed by atoms with van der Waals surface area (Å²) in [6, 6.07) is 13.3. The number of rotatable bonds is 6. The second-order valence-corrected chi connectivity index (χ2v) is 9.70. The molecule has 0 atom stereocenters. The van der Waals surface area contributed by atoms with Crippen LogP contribution in [0.3, 0.4) is 0 Å². The minimum atomic E-state index is -3.86. The zero-order valence-electron chi connectivity index (χ0n) is 17.7. The van der Waals surface area contributed by atoms with E-state index >= 15 is 0 Å². The van der Waals surface area contributed by atoms with Crippen LogP contribution < -0.4 is 5.32 Å². The number of amides is 1. The van der Waals surface area contributed by atoms with E-state index in [2.05, 4.69) is 14.7 Å². The van der Waals surface area contributed by atoms with Gasteiger partial charge in [-0.2, -0.15) is 8.42 Å². The molecule has 1 aliphatic heterocycles. The van der Waals surface area contributed by atoms with Crippen LogP contribution in [-0.2, 0) is 10.0 Å². The van der Waals surface area contributed by atoms with Crippen LogP contribution in [0.2, 0.25) is 0 Å². The number of hydrogen-bond donors (Lipinski definition) is 1. The van der Waals surface area contributed by atoms with Crippen molar-refractivity contribution in [3.05, 3.63) is 66.5 Å². The molecule has 2 aromatic carbocycles. The van der Waals surface area contributed by atoms with Gasteiger partial charge in [0.2, 0.25) is 0 Å². The quantitative estimate of drug-likeness (QED) is 0.554. The van der Waals surface area contributed by atoms with Crippen LogP contribution in [0.1, 0.15) is 23.2 Å². The van der Waals surface area contributed by atoms with E-state index < -0.39 is 10.0 Å². The highest BCUT2D eigenvalue weighted by Crippen LogP contribution is 2.22. The van der Waals surface area contributed by atoms with Crippen LogP contribution in [0.25, 0.3) is 5.69 Å². The number of likely N-dealkylation sites (tertiary alicyclic amines) is 1. The molecule has 32 heavy (non-hydrogen) atoms. The predicted molar refractivity (Wildman–Crippen MR) is 126 cm³/mol. The summed E-state index contributed by atoms with van der Waals surface area (Å²) in [4.78, 5) is 19.0. The summed E-state index contributed by atoms with van der Waals surface area (Å²) in [7, 11) is -2.03. The molecule has 0 aliphatic carbocycles. The second kappa shape index (κ2) is 9.17. The van der Waals surface area contributed by atoms with Crippen LogP contribution in [0, 0.1) is 0 Å². The number of nitrogens with one attached hydrogen (secondary N) is 1. The summed E-state index contributed by atoms with van der Waals surface area (Å²) in [6.45, 7) is 0.793. The third kappa shape index (κ3) is 4.71. The molecule has 166 valence electrons. The summed E-state index contributed by atoms with van der Waals surface area (Å²) in [5.41, 5.74) is 1.64. The molecule has 1 saturated heterocycles. The van der Waals surface area contributed by atoms with Gasteiger partial charge in [-0.05, 0) is 49.1 Å². The Bertz CT molecular complexity index is 1280. The van der Waals surface area contributed by atoms with Gasteiger partial charge < -0.3 is 10.2 Å². The standard InChI is InChI=1S/C22H23N5O3S2/c1-26-12-5-10-20(26)25-32(29,30)19-9-4-7-17(15-19)24-21(28)16-6-3-8-18(14-16)27-13-11-23-22(27)31-2/h3-4,6-9,11,13-15H,5,10,12H2,1-2H3,(H,24,28)/b25-20-. The van der Waals surface area contributed by atoms with Crippen molar-refractivity contribution < 1.29 is 13.2 Å². The number of aromatic nitrogens is 2. The van der Waals surface area contributed by atoms with Gasteiger partial charge >= 0.3 is 0 Å². The van der Waals surface area contributed by atoms with Crippen LogP contribution >= 0.6 is 11.8 Å². The molecule has 1 N–H and O–H groups in total. The second-order valence-electron chi connectivity index (χ2n) is 7.32. The fourth-order valence-corrected chi connectivity index (χ4v) is 5.14. The predicted octanol–water partition coefficient (Wildman–Crippen LogP) is 3.66. The van der Waals surface area contributed by atoms with Crippen LogP contribution in [0.4, 0.5) is 5.69 Å². The SMILES string of the molecule is CSc1nccn1-c1cccc(C(=O)Nc2cccc(S(=O)(=O)/N=C3/CCCN3C)c2)c1. The Morgan fingerprint density at radius 1 is 1.19 bits per heavy atom.